The number of nitrogens with one attached hydrogen (secondary N) is 1. The number of fused-ring (bicyclic) bond motifs is 2. The highest BCUT2D eigenvalue weighted by Crippen LogP contribution is 2.40. The maximum Gasteiger partial charge on any atom is 0.326 e. The number of hydrogen-bond acceptors (Lipinski definition) is 4. The van der Waals surface area contributed by atoms with Gasteiger partial charge in [-0.15, -0.1) is 0 Å². The molecule has 1 spiro atoms. The first-order chi connectivity index (χ1) is 16.3. The molecule has 1 saturated carbocycles. The van der Waals surface area contributed by atoms with Crippen LogP contribution in [0.4, 0.5) is 4.79 Å². The number of primary amides is 1. The first kappa shape index (κ1) is 21.9. The van der Waals surface area contributed by atoms with E-state index in [4.69, 9.17) is 5.73 Å². The van der Waals surface area contributed by atoms with Gasteiger partial charge in [0.1, 0.15) is 6.54 Å². The third-order valence-corrected chi connectivity index (χ3v) is 7.03. The number of nitrogens with two attached hydrogens (primary N) is 1. The Morgan fingerprint density at radius 2 is 1.88 bits per heavy atom. The van der Waals surface area contributed by atoms with Crippen molar-refractivity contribution in [2.75, 3.05) is 6.54 Å². The number of carbonyl (C=O) groups is 4. The van der Waals surface area contributed by atoms with Crippen molar-refractivity contribution in [1.82, 2.24) is 15.1 Å². The number of hydrogen-bond donors (Lipinski definition) is 2. The quantitative estimate of drug-likeness (QED) is 0.620. The van der Waals surface area contributed by atoms with Crippen molar-refractivity contribution in [3.8, 4) is 0 Å². The normalized spacial score (nSPS) is 21.5. The summed E-state index contributed by atoms with van der Waals surface area (Å²) in [6.45, 7) is 2.08. The first-order valence-corrected chi connectivity index (χ1v) is 11.4. The number of amides is 5. The lowest BCUT2D eigenvalue weighted by molar-refractivity contribution is -0.140. The molecule has 1 saturated heterocycles. The van der Waals surface area contributed by atoms with Gasteiger partial charge in [-0.3, -0.25) is 19.3 Å². The van der Waals surface area contributed by atoms with Gasteiger partial charge in [0.05, 0.1) is 0 Å². The number of imide groups is 1. The molecule has 2 aromatic rings. The highest BCUT2D eigenvalue weighted by atomic mass is 16.2. The molecule has 34 heavy (non-hydrogen) atoms. The van der Waals surface area contributed by atoms with Gasteiger partial charge in [-0.05, 0) is 54.5 Å². The molecule has 0 radical (unpaired) electrons. The van der Waals surface area contributed by atoms with Gasteiger partial charge in [0.2, 0.25) is 11.8 Å². The molecule has 3 N–H and O–H groups in total. The SMILES string of the molecule is CC(C1CC1)N(Cc1ccccc1)C(=O)CN1C(=O)NC2(C=Cc3c(C(N)=O)cccc32)C1=O. The number of urea groups is 1. The molecular formula is C26H26N4O4. The summed E-state index contributed by atoms with van der Waals surface area (Å²) in [5, 5.41) is 2.74. The average Bonchev–Trinajstić information content (AvgIpc) is 3.58. The van der Waals surface area contributed by atoms with Crippen molar-refractivity contribution in [3.63, 3.8) is 0 Å². The molecule has 2 atom stereocenters. The van der Waals surface area contributed by atoms with Gasteiger partial charge in [-0.2, -0.15) is 0 Å². The summed E-state index contributed by atoms with van der Waals surface area (Å²) < 4.78 is 0. The maximum atomic E-state index is 13.5. The van der Waals surface area contributed by atoms with Gasteiger partial charge in [-0.1, -0.05) is 48.5 Å². The molecule has 8 nitrogen and oxygen atoms in total. The number of nitrogens with zero attached hydrogens (tertiary/aromatic N) is 2. The number of rotatable bonds is 7. The fraction of sp³-hybridized carbons (Fsp3) is 0.308. The van der Waals surface area contributed by atoms with E-state index in [1.54, 1.807) is 35.3 Å². The van der Waals surface area contributed by atoms with E-state index in [-0.39, 0.29) is 24.1 Å². The Bertz CT molecular complexity index is 1220. The van der Waals surface area contributed by atoms with Crippen molar-refractivity contribution < 1.29 is 19.2 Å². The summed E-state index contributed by atoms with van der Waals surface area (Å²) in [6.07, 6.45) is 5.31. The Balaban J connectivity index is 1.40. The van der Waals surface area contributed by atoms with Gasteiger partial charge < -0.3 is 16.0 Å². The molecule has 5 rings (SSSR count). The lowest BCUT2D eigenvalue weighted by Gasteiger charge is -2.31. The fourth-order valence-electron chi connectivity index (χ4n) is 4.93. The predicted octanol–water partition coefficient (Wildman–Crippen LogP) is 2.39. The van der Waals surface area contributed by atoms with Gasteiger partial charge in [0.15, 0.2) is 5.54 Å². The Morgan fingerprint density at radius 3 is 2.56 bits per heavy atom. The molecule has 1 heterocycles. The second kappa shape index (κ2) is 8.13. The lowest BCUT2D eigenvalue weighted by atomic mass is 9.90. The minimum atomic E-state index is -1.44. The van der Waals surface area contributed by atoms with Crippen LogP contribution in [0.1, 0.15) is 46.8 Å². The molecule has 2 aromatic carbocycles. The van der Waals surface area contributed by atoms with Crippen LogP contribution in [0, 0.1) is 5.92 Å². The van der Waals surface area contributed by atoms with Crippen LogP contribution in [0.15, 0.2) is 54.6 Å². The van der Waals surface area contributed by atoms with Gasteiger partial charge in [0.25, 0.3) is 5.91 Å². The Hall–Kier alpha value is -3.94. The van der Waals surface area contributed by atoms with Crippen LogP contribution in [0.25, 0.3) is 6.08 Å². The van der Waals surface area contributed by atoms with Gasteiger partial charge in [0, 0.05) is 18.2 Å². The van der Waals surface area contributed by atoms with Crippen molar-refractivity contribution in [2.45, 2.75) is 37.9 Å². The van der Waals surface area contributed by atoms with Gasteiger partial charge >= 0.3 is 6.03 Å². The molecular weight excluding hydrogens is 432 g/mol. The van der Waals surface area contributed by atoms with Crippen LogP contribution >= 0.6 is 0 Å². The number of benzene rings is 2. The van der Waals surface area contributed by atoms with E-state index in [1.165, 1.54) is 0 Å². The van der Waals surface area contributed by atoms with Crippen LogP contribution in [0.3, 0.4) is 0 Å². The van der Waals surface area contributed by atoms with E-state index in [2.05, 4.69) is 5.32 Å². The molecule has 0 aromatic heterocycles. The molecule has 3 aliphatic rings. The van der Waals surface area contributed by atoms with E-state index in [0.717, 1.165) is 23.3 Å². The molecule has 174 valence electrons. The van der Waals surface area contributed by atoms with Crippen molar-refractivity contribution in [1.29, 1.82) is 0 Å². The summed E-state index contributed by atoms with van der Waals surface area (Å²) in [5.74, 6) is -1.01. The Morgan fingerprint density at radius 1 is 1.15 bits per heavy atom. The zero-order valence-corrected chi connectivity index (χ0v) is 18.9. The second-order valence-corrected chi connectivity index (χ2v) is 9.18. The third kappa shape index (κ3) is 3.55. The van der Waals surface area contributed by atoms with E-state index in [9.17, 15) is 19.2 Å². The van der Waals surface area contributed by atoms with Crippen molar-refractivity contribution in [2.24, 2.45) is 11.7 Å². The van der Waals surface area contributed by atoms with Crippen LogP contribution in [0.5, 0.6) is 0 Å². The highest BCUT2D eigenvalue weighted by Gasteiger charge is 2.54. The molecule has 8 heteroatoms. The zero-order valence-electron chi connectivity index (χ0n) is 18.9. The summed E-state index contributed by atoms with van der Waals surface area (Å²) in [4.78, 5) is 54.4. The van der Waals surface area contributed by atoms with Crippen molar-refractivity contribution >= 4 is 29.8 Å². The number of carbonyl (C=O) groups excluding carboxylic acids is 4. The molecule has 2 aliphatic carbocycles. The summed E-state index contributed by atoms with van der Waals surface area (Å²) in [7, 11) is 0. The monoisotopic (exact) mass is 458 g/mol. The Labute approximate surface area is 197 Å². The molecule has 0 bridgehead atoms. The first-order valence-electron chi connectivity index (χ1n) is 11.4. The third-order valence-electron chi connectivity index (χ3n) is 7.03. The summed E-state index contributed by atoms with van der Waals surface area (Å²) in [5.41, 5.74) is 6.28. The van der Waals surface area contributed by atoms with Crippen LogP contribution in [-0.4, -0.2) is 46.1 Å². The molecule has 2 fully saturated rings. The average molecular weight is 459 g/mol. The van der Waals surface area contributed by atoms with Crippen LogP contribution in [0.2, 0.25) is 0 Å². The van der Waals surface area contributed by atoms with E-state index in [0.29, 0.717) is 23.6 Å². The minimum Gasteiger partial charge on any atom is -0.366 e. The Kier molecular flexibility index (Phi) is 5.23. The van der Waals surface area contributed by atoms with Gasteiger partial charge in [-0.25, -0.2) is 4.79 Å². The van der Waals surface area contributed by atoms with Crippen LogP contribution in [-0.2, 0) is 21.7 Å². The lowest BCUT2D eigenvalue weighted by Crippen LogP contribution is -2.47. The zero-order chi connectivity index (χ0) is 24.0. The standard InChI is InChI=1S/C26H26N4O4/c1-16(18-10-11-18)29(14-17-6-3-2-4-7-17)22(31)15-30-24(33)26(28-25(30)34)13-12-19-20(23(27)32)8-5-9-21(19)26/h2-9,12-13,16,18H,10-11,14-15H2,1H3,(H2,27,32)(H,28,34). The van der Waals surface area contributed by atoms with E-state index in [1.807, 2.05) is 37.3 Å². The summed E-state index contributed by atoms with van der Waals surface area (Å²) in [6, 6.07) is 13.9. The van der Waals surface area contributed by atoms with Crippen molar-refractivity contribution in [3.05, 3.63) is 76.9 Å². The summed E-state index contributed by atoms with van der Waals surface area (Å²) >= 11 is 0. The minimum absolute atomic E-state index is 0.00709. The van der Waals surface area contributed by atoms with E-state index >= 15 is 0 Å². The molecule has 5 amide bonds. The topological polar surface area (TPSA) is 113 Å². The predicted molar refractivity (Wildman–Crippen MR) is 125 cm³/mol. The largest absolute Gasteiger partial charge is 0.366 e. The second-order valence-electron chi connectivity index (χ2n) is 9.18. The maximum absolute atomic E-state index is 13.5. The molecule has 1 aliphatic heterocycles. The smallest absolute Gasteiger partial charge is 0.326 e. The van der Waals surface area contributed by atoms with Crippen LogP contribution < -0.4 is 11.1 Å². The molecule has 2 unspecified atom stereocenters. The fourth-order valence-corrected chi connectivity index (χ4v) is 4.93. The highest BCUT2D eigenvalue weighted by molar-refractivity contribution is 6.13. The van der Waals surface area contributed by atoms with E-state index < -0.39 is 23.4 Å².